The Morgan fingerprint density at radius 3 is 2.56 bits per heavy atom. The molecule has 0 saturated heterocycles. The zero-order chi connectivity index (χ0) is 12.1. The van der Waals surface area contributed by atoms with Crippen LogP contribution in [-0.4, -0.2) is 38.5 Å². The molecule has 1 amide bonds. The molecule has 0 heterocycles. The van der Waals surface area contributed by atoms with E-state index in [2.05, 4.69) is 0 Å². The van der Waals surface area contributed by atoms with Crippen molar-refractivity contribution in [2.24, 2.45) is 0 Å². The monoisotopic (exact) mass is 223 g/mol. The van der Waals surface area contributed by atoms with Crippen LogP contribution >= 0.6 is 0 Å². The minimum atomic E-state index is -0.545. The van der Waals surface area contributed by atoms with Gasteiger partial charge in [0.1, 0.15) is 11.5 Å². The summed E-state index contributed by atoms with van der Waals surface area (Å²) in [6, 6.07) is 4.64. The first-order chi connectivity index (χ1) is 7.58. The van der Waals surface area contributed by atoms with Crippen molar-refractivity contribution in [2.75, 3.05) is 21.2 Å². The maximum absolute atomic E-state index is 11.3. The van der Waals surface area contributed by atoms with E-state index in [1.165, 1.54) is 24.1 Å². The molecular weight excluding hydrogens is 210 g/mol. The minimum Gasteiger partial charge on any atom is -0.497 e. The topological polar surface area (TPSA) is 55.8 Å². The van der Waals surface area contributed by atoms with Gasteiger partial charge >= 0.3 is 6.09 Å². The van der Waals surface area contributed by atoms with E-state index in [9.17, 15) is 9.59 Å². The van der Waals surface area contributed by atoms with Gasteiger partial charge in [-0.1, -0.05) is 0 Å². The van der Waals surface area contributed by atoms with Crippen LogP contribution in [0.5, 0.6) is 11.5 Å². The van der Waals surface area contributed by atoms with Crippen LogP contribution in [-0.2, 0) is 0 Å². The molecule has 16 heavy (non-hydrogen) atoms. The van der Waals surface area contributed by atoms with Crippen molar-refractivity contribution < 1.29 is 19.1 Å². The molecule has 0 atom stereocenters. The number of hydrogen-bond acceptors (Lipinski definition) is 4. The van der Waals surface area contributed by atoms with E-state index in [1.54, 1.807) is 20.2 Å². The number of hydrogen-bond donors (Lipinski definition) is 0. The number of benzene rings is 1. The van der Waals surface area contributed by atoms with E-state index in [0.29, 0.717) is 17.6 Å². The normalized spacial score (nSPS) is 9.44. The number of carbonyl (C=O) groups excluding carboxylic acids is 2. The third-order valence-electron chi connectivity index (χ3n) is 1.91. The number of rotatable bonds is 3. The number of amides is 1. The van der Waals surface area contributed by atoms with Crippen LogP contribution in [0.2, 0.25) is 0 Å². The average molecular weight is 223 g/mol. The molecule has 86 valence electrons. The molecule has 0 fully saturated rings. The molecule has 0 aromatic heterocycles. The lowest BCUT2D eigenvalue weighted by atomic mass is 10.2. The summed E-state index contributed by atoms with van der Waals surface area (Å²) in [5.74, 6) is 0.709. The molecule has 0 N–H and O–H groups in total. The van der Waals surface area contributed by atoms with E-state index in [-0.39, 0.29) is 5.75 Å². The standard InChI is InChI=1S/C11H13NO4/c1-12(2)11(14)16-10-6-9(15-3)5-4-8(10)7-13/h4-7H,1-3H3. The van der Waals surface area contributed by atoms with E-state index < -0.39 is 6.09 Å². The molecular formula is C11H13NO4. The van der Waals surface area contributed by atoms with Crippen molar-refractivity contribution >= 4 is 12.4 Å². The molecule has 0 radical (unpaired) electrons. The van der Waals surface area contributed by atoms with Crippen molar-refractivity contribution in [3.05, 3.63) is 23.8 Å². The van der Waals surface area contributed by atoms with Crippen LogP contribution in [0.4, 0.5) is 4.79 Å². The summed E-state index contributed by atoms with van der Waals surface area (Å²) >= 11 is 0. The molecule has 0 aliphatic rings. The zero-order valence-corrected chi connectivity index (χ0v) is 9.39. The SMILES string of the molecule is COc1ccc(C=O)c(OC(=O)N(C)C)c1. The van der Waals surface area contributed by atoms with Gasteiger partial charge < -0.3 is 14.4 Å². The van der Waals surface area contributed by atoms with Gasteiger partial charge in [-0.05, 0) is 12.1 Å². The lowest BCUT2D eigenvalue weighted by molar-refractivity contribution is 0.112. The Morgan fingerprint density at radius 2 is 2.06 bits per heavy atom. The minimum absolute atomic E-state index is 0.188. The predicted molar refractivity (Wildman–Crippen MR) is 58.1 cm³/mol. The van der Waals surface area contributed by atoms with Crippen LogP contribution in [0.25, 0.3) is 0 Å². The van der Waals surface area contributed by atoms with Gasteiger partial charge in [-0.3, -0.25) is 4.79 Å². The highest BCUT2D eigenvalue weighted by molar-refractivity contribution is 5.82. The molecule has 0 unspecified atom stereocenters. The number of ether oxygens (including phenoxy) is 2. The number of nitrogens with zero attached hydrogens (tertiary/aromatic N) is 1. The summed E-state index contributed by atoms with van der Waals surface area (Å²) in [4.78, 5) is 23.3. The fourth-order valence-electron chi connectivity index (χ4n) is 1.01. The van der Waals surface area contributed by atoms with Gasteiger partial charge in [-0.25, -0.2) is 4.79 Å². The van der Waals surface area contributed by atoms with Crippen LogP contribution in [0, 0.1) is 0 Å². The Hall–Kier alpha value is -2.04. The summed E-state index contributed by atoms with van der Waals surface area (Å²) in [7, 11) is 4.61. The molecule has 0 spiro atoms. The van der Waals surface area contributed by atoms with Crippen LogP contribution in [0.15, 0.2) is 18.2 Å². The second-order valence-electron chi connectivity index (χ2n) is 3.28. The van der Waals surface area contributed by atoms with Gasteiger partial charge in [0.25, 0.3) is 0 Å². The first kappa shape index (κ1) is 12.0. The van der Waals surface area contributed by atoms with E-state index in [0.717, 1.165) is 0 Å². The maximum Gasteiger partial charge on any atom is 0.414 e. The van der Waals surface area contributed by atoms with Crippen LogP contribution < -0.4 is 9.47 Å². The van der Waals surface area contributed by atoms with Crippen molar-refractivity contribution in [3.63, 3.8) is 0 Å². The summed E-state index contributed by atoms with van der Waals surface area (Å²) < 4.78 is 9.99. The Morgan fingerprint density at radius 1 is 1.38 bits per heavy atom. The van der Waals surface area contributed by atoms with E-state index in [1.807, 2.05) is 0 Å². The molecule has 1 rings (SSSR count). The number of aldehydes is 1. The van der Waals surface area contributed by atoms with Gasteiger partial charge in [-0.15, -0.1) is 0 Å². The summed E-state index contributed by atoms with van der Waals surface area (Å²) in [6.45, 7) is 0. The van der Waals surface area contributed by atoms with Crippen molar-refractivity contribution in [1.29, 1.82) is 0 Å². The van der Waals surface area contributed by atoms with E-state index in [4.69, 9.17) is 9.47 Å². The molecule has 0 aliphatic heterocycles. The quantitative estimate of drug-likeness (QED) is 0.730. The van der Waals surface area contributed by atoms with Crippen LogP contribution in [0.3, 0.4) is 0 Å². The third-order valence-corrected chi connectivity index (χ3v) is 1.91. The summed E-state index contributed by atoms with van der Waals surface area (Å²) in [6.07, 6.45) is 0.0777. The Balaban J connectivity index is 3.00. The largest absolute Gasteiger partial charge is 0.497 e. The smallest absolute Gasteiger partial charge is 0.414 e. The van der Waals surface area contributed by atoms with Crippen molar-refractivity contribution in [2.45, 2.75) is 0 Å². The predicted octanol–water partition coefficient (Wildman–Crippen LogP) is 1.57. The molecule has 1 aromatic carbocycles. The van der Waals surface area contributed by atoms with Crippen molar-refractivity contribution in [1.82, 2.24) is 4.90 Å². The number of methoxy groups -OCH3 is 1. The molecule has 0 saturated carbocycles. The molecule has 5 nitrogen and oxygen atoms in total. The van der Waals surface area contributed by atoms with Crippen molar-refractivity contribution in [3.8, 4) is 11.5 Å². The van der Waals surface area contributed by atoms with Gasteiger partial charge in [-0.2, -0.15) is 0 Å². The maximum atomic E-state index is 11.3. The first-order valence-electron chi connectivity index (χ1n) is 4.61. The second-order valence-corrected chi connectivity index (χ2v) is 3.28. The highest BCUT2D eigenvalue weighted by Crippen LogP contribution is 2.23. The Labute approximate surface area is 93.6 Å². The van der Waals surface area contributed by atoms with Gasteiger partial charge in [0.2, 0.25) is 0 Å². The van der Waals surface area contributed by atoms with E-state index >= 15 is 0 Å². The first-order valence-corrected chi connectivity index (χ1v) is 4.61. The second kappa shape index (κ2) is 5.16. The Kier molecular flexibility index (Phi) is 3.88. The summed E-state index contributed by atoms with van der Waals surface area (Å²) in [5.41, 5.74) is 0.302. The van der Waals surface area contributed by atoms with Crippen LogP contribution in [0.1, 0.15) is 10.4 Å². The van der Waals surface area contributed by atoms with Gasteiger partial charge in [0.15, 0.2) is 6.29 Å². The highest BCUT2D eigenvalue weighted by atomic mass is 16.6. The zero-order valence-electron chi connectivity index (χ0n) is 9.39. The van der Waals surface area contributed by atoms with Gasteiger partial charge in [0.05, 0.1) is 12.7 Å². The third kappa shape index (κ3) is 2.73. The fourth-order valence-corrected chi connectivity index (χ4v) is 1.01. The number of carbonyl (C=O) groups is 2. The van der Waals surface area contributed by atoms with Gasteiger partial charge in [0, 0.05) is 20.2 Å². The lowest BCUT2D eigenvalue weighted by Crippen LogP contribution is -2.25. The summed E-state index contributed by atoms with van der Waals surface area (Å²) in [5, 5.41) is 0. The average Bonchev–Trinajstić information content (AvgIpc) is 2.28. The lowest BCUT2D eigenvalue weighted by Gasteiger charge is -2.12. The molecule has 0 aliphatic carbocycles. The fraction of sp³-hybridized carbons (Fsp3) is 0.273. The highest BCUT2D eigenvalue weighted by Gasteiger charge is 2.11. The Bertz CT molecular complexity index is 401. The molecule has 0 bridgehead atoms. The molecule has 5 heteroatoms. The molecule has 1 aromatic rings.